The summed E-state index contributed by atoms with van der Waals surface area (Å²) in [6.45, 7) is 25.1. The van der Waals surface area contributed by atoms with Gasteiger partial charge in [-0.1, -0.05) is 68.3 Å². The Balaban J connectivity index is 2.12. The second-order valence-corrected chi connectivity index (χ2v) is 15.1. The average molecular weight is 579 g/mol. The summed E-state index contributed by atoms with van der Waals surface area (Å²) in [7, 11) is -6.58. The smallest absolute Gasteiger partial charge is 0.329 e. The summed E-state index contributed by atoms with van der Waals surface area (Å²) in [5.74, 6) is 0.286. The topological polar surface area (TPSA) is 86.2 Å². The van der Waals surface area contributed by atoms with Gasteiger partial charge in [-0.3, -0.25) is 9.69 Å². The fourth-order valence-electron chi connectivity index (χ4n) is 4.35. The van der Waals surface area contributed by atoms with Crippen molar-refractivity contribution < 1.29 is 21.6 Å². The van der Waals surface area contributed by atoms with Gasteiger partial charge in [0, 0.05) is 11.1 Å². The van der Waals surface area contributed by atoms with Crippen LogP contribution >= 0.6 is 0 Å². The summed E-state index contributed by atoms with van der Waals surface area (Å²) in [4.78, 5) is 7.07. The maximum absolute atomic E-state index is 13.4. The van der Waals surface area contributed by atoms with E-state index >= 15 is 0 Å². The highest BCUT2D eigenvalue weighted by molar-refractivity contribution is 7.92. The van der Waals surface area contributed by atoms with Gasteiger partial charge < -0.3 is 4.74 Å². The monoisotopic (exact) mass is 578 g/mol. The summed E-state index contributed by atoms with van der Waals surface area (Å²) < 4.78 is 59.3. The van der Waals surface area contributed by atoms with Crippen molar-refractivity contribution in [1.82, 2.24) is 0 Å². The van der Waals surface area contributed by atoms with Crippen LogP contribution in [0.15, 0.2) is 70.5 Å². The number of ether oxygens (including phenoxy) is 1. The van der Waals surface area contributed by atoms with E-state index in [1.807, 2.05) is 46.8 Å². The summed E-state index contributed by atoms with van der Waals surface area (Å²) in [5, 5.41) is -2.83. The Morgan fingerprint density at radius 1 is 0.725 bits per heavy atom. The van der Waals surface area contributed by atoms with Crippen molar-refractivity contribution in [3.8, 4) is 5.75 Å². The van der Waals surface area contributed by atoms with Crippen molar-refractivity contribution in [3.63, 3.8) is 0 Å². The van der Waals surface area contributed by atoms with E-state index in [2.05, 4.69) is 9.69 Å². The third-order valence-electron chi connectivity index (χ3n) is 6.81. The molecule has 0 spiro atoms. The molecule has 0 fully saturated rings. The zero-order chi connectivity index (χ0) is 29.9. The lowest BCUT2D eigenvalue weighted by molar-refractivity contribution is 0.403. The first-order valence-corrected chi connectivity index (χ1v) is 15.8. The van der Waals surface area contributed by atoms with Gasteiger partial charge >= 0.3 is 10.7 Å². The molecule has 0 saturated carbocycles. The minimum atomic E-state index is -4.00. The van der Waals surface area contributed by atoms with Crippen LogP contribution in [-0.2, 0) is 37.9 Å². The predicted molar refractivity (Wildman–Crippen MR) is 157 cm³/mol. The molecule has 0 radical (unpaired) electrons. The zero-order valence-corrected chi connectivity index (χ0v) is 25.2. The number of benzene rings is 3. The van der Waals surface area contributed by atoms with Crippen LogP contribution in [0, 0.1) is 27.0 Å². The lowest BCUT2D eigenvalue weighted by Gasteiger charge is -2.24. The third-order valence-corrected chi connectivity index (χ3v) is 10.6. The largest absolute Gasteiger partial charge is 0.496 e. The number of sulfone groups is 2. The van der Waals surface area contributed by atoms with Crippen molar-refractivity contribution >= 4 is 19.7 Å². The maximum Gasteiger partial charge on any atom is 0.329 e. The first kappa shape index (κ1) is 30.9. The number of nitrogens with zero attached hydrogens (tertiary/aromatic N) is 2. The van der Waals surface area contributed by atoms with Crippen molar-refractivity contribution in [2.75, 3.05) is 7.11 Å². The van der Waals surface area contributed by atoms with Gasteiger partial charge in [0.2, 0.25) is 0 Å². The molecule has 0 aromatic heterocycles. The fourth-order valence-corrected chi connectivity index (χ4v) is 7.08. The normalized spacial score (nSPS) is 13.6. The molecule has 2 unspecified atom stereocenters. The number of rotatable bonds is 9. The zero-order valence-electron chi connectivity index (χ0n) is 23.6. The van der Waals surface area contributed by atoms with Gasteiger partial charge in [0.25, 0.3) is 19.7 Å². The second kappa shape index (κ2) is 11.8. The Morgan fingerprint density at radius 3 is 1.35 bits per heavy atom. The first-order valence-electron chi connectivity index (χ1n) is 12.7. The van der Waals surface area contributed by atoms with Crippen LogP contribution in [0.2, 0.25) is 0 Å². The number of methoxy groups -OCH3 is 1. The van der Waals surface area contributed by atoms with Crippen LogP contribution in [0.4, 0.5) is 0 Å². The van der Waals surface area contributed by atoms with E-state index in [-0.39, 0.29) is 33.8 Å². The molecular weight excluding hydrogens is 544 g/mol. The van der Waals surface area contributed by atoms with Gasteiger partial charge in [-0.25, -0.2) is 30.0 Å². The minimum absolute atomic E-state index is 0.0579. The lowest BCUT2D eigenvalue weighted by Crippen LogP contribution is -2.24. The summed E-state index contributed by atoms with van der Waals surface area (Å²) >= 11 is 0. The molecule has 0 aliphatic rings. The van der Waals surface area contributed by atoms with E-state index < -0.39 is 30.4 Å². The molecule has 210 valence electrons. The average Bonchev–Trinajstić information content (AvgIpc) is 2.89. The van der Waals surface area contributed by atoms with Crippen molar-refractivity contribution in [2.24, 2.45) is 0 Å². The highest BCUT2D eigenvalue weighted by atomic mass is 32.2. The Kier molecular flexibility index (Phi) is 9.14. The molecule has 0 amide bonds. The van der Waals surface area contributed by atoms with Gasteiger partial charge in [-0.05, 0) is 49.1 Å². The molecule has 3 aromatic rings. The van der Waals surface area contributed by atoms with E-state index in [1.165, 1.54) is 31.4 Å². The summed E-state index contributed by atoms with van der Waals surface area (Å²) in [5.41, 5.74) is 3.17. The fraction of sp³-hybridized carbons (Fsp3) is 0.355. The summed E-state index contributed by atoms with van der Waals surface area (Å²) in [6.07, 6.45) is -0.319. The van der Waals surface area contributed by atoms with Crippen LogP contribution in [-0.4, -0.2) is 34.7 Å². The molecule has 0 bridgehead atoms. The van der Waals surface area contributed by atoms with Crippen LogP contribution in [0.25, 0.3) is 9.69 Å². The molecule has 3 rings (SSSR count). The molecule has 7 nitrogen and oxygen atoms in total. The molecule has 0 heterocycles. The molecule has 3 aromatic carbocycles. The van der Waals surface area contributed by atoms with Gasteiger partial charge in [0.05, 0.1) is 29.7 Å². The highest BCUT2D eigenvalue weighted by Gasteiger charge is 2.37. The number of aryl methyl sites for hydroxylation is 2. The number of hydrogen-bond donors (Lipinski definition) is 0. The molecule has 0 aliphatic carbocycles. The molecule has 2 atom stereocenters. The van der Waals surface area contributed by atoms with E-state index in [4.69, 9.17) is 17.9 Å². The minimum Gasteiger partial charge on any atom is -0.496 e. The van der Waals surface area contributed by atoms with Crippen molar-refractivity contribution in [2.45, 2.75) is 73.4 Å². The molecular formula is C31H34N2O5S2. The van der Waals surface area contributed by atoms with Crippen LogP contribution in [0.1, 0.15) is 48.6 Å². The molecule has 9 heteroatoms. The van der Waals surface area contributed by atoms with Crippen LogP contribution < -0.4 is 4.74 Å². The third kappa shape index (κ3) is 6.55. The van der Waals surface area contributed by atoms with E-state index in [0.717, 1.165) is 16.7 Å². The van der Waals surface area contributed by atoms with E-state index in [1.54, 1.807) is 24.3 Å². The van der Waals surface area contributed by atoms with E-state index in [9.17, 15) is 16.8 Å². The van der Waals surface area contributed by atoms with Gasteiger partial charge in [-0.2, -0.15) is 0 Å². The lowest BCUT2D eigenvalue weighted by atomic mass is 9.84. The standard InChI is InChI=1S/C31H34N2O5S2/c1-21-9-13-26(14-10-21)39(34,35)28(32-6)19-23-17-25(31(3,4)5)18-24(30(23)38-8)20-29(33-7)40(36,37)27-15-11-22(2)12-16-27/h9-18,28-29H,19-20H2,1-5,8H3. The van der Waals surface area contributed by atoms with Gasteiger partial charge in [-0.15, -0.1) is 0 Å². The molecule has 0 aliphatic heterocycles. The van der Waals surface area contributed by atoms with Crippen LogP contribution in [0.3, 0.4) is 0 Å². The Labute approximate surface area is 238 Å². The van der Waals surface area contributed by atoms with Crippen molar-refractivity contribution in [3.05, 3.63) is 111 Å². The summed E-state index contributed by atoms with van der Waals surface area (Å²) in [6, 6.07) is 16.3. The van der Waals surface area contributed by atoms with Gasteiger partial charge in [0.15, 0.2) is 0 Å². The quantitative estimate of drug-likeness (QED) is 0.285. The Hall–Kier alpha value is -3.66. The second-order valence-electron chi connectivity index (χ2n) is 10.9. The first-order chi connectivity index (χ1) is 18.6. The molecule has 40 heavy (non-hydrogen) atoms. The highest BCUT2D eigenvalue weighted by Crippen LogP contribution is 2.36. The predicted octanol–water partition coefficient (Wildman–Crippen LogP) is 6.13. The van der Waals surface area contributed by atoms with Gasteiger partial charge in [0.1, 0.15) is 5.75 Å². The molecule has 0 saturated heterocycles. The maximum atomic E-state index is 13.4. The number of hydrogen-bond acceptors (Lipinski definition) is 5. The Bertz CT molecular complexity index is 1560. The molecule has 0 N–H and O–H groups in total. The SMILES string of the molecule is [C-]#[N+]C(Cc1cc(C(C)(C)C)cc(CC([N+]#[C-])S(=O)(=O)c2ccc(C)cc2)c1OC)S(=O)(=O)c1ccc(C)cc1. The van der Waals surface area contributed by atoms with Crippen LogP contribution in [0.5, 0.6) is 5.75 Å². The Morgan fingerprint density at radius 2 is 1.07 bits per heavy atom. The van der Waals surface area contributed by atoms with E-state index in [0.29, 0.717) is 11.1 Å². The van der Waals surface area contributed by atoms with Crippen molar-refractivity contribution in [1.29, 1.82) is 0 Å².